The van der Waals surface area contributed by atoms with Crippen LogP contribution in [0, 0.1) is 0 Å². The first kappa shape index (κ1) is 10.6. The third-order valence-electron chi connectivity index (χ3n) is 1.55. The van der Waals surface area contributed by atoms with Gasteiger partial charge in [0.1, 0.15) is 5.56 Å². The molecule has 0 radical (unpaired) electrons. The Balaban J connectivity index is 3.49. The first-order chi connectivity index (χ1) is 6.45. The fourth-order valence-electron chi connectivity index (χ4n) is 0.898. The molecule has 3 N–H and O–H groups in total. The third kappa shape index (κ3) is 1.74. The van der Waals surface area contributed by atoms with Gasteiger partial charge >= 0.3 is 0 Å². The monoisotopic (exact) mass is 222 g/mol. The van der Waals surface area contributed by atoms with Gasteiger partial charge < -0.3 is 10.7 Å². The number of nitrogens with one attached hydrogen (secondary N) is 1. The quantitative estimate of drug-likeness (QED) is 0.785. The van der Waals surface area contributed by atoms with Gasteiger partial charge in [0.2, 0.25) is 0 Å². The zero-order chi connectivity index (χ0) is 10.9. The predicted octanol–water partition coefficient (Wildman–Crippen LogP) is 1.06. The molecule has 1 heterocycles. The Kier molecular flexibility index (Phi) is 2.85. The molecular formula is C7H5ClF2N2O2. The van der Waals surface area contributed by atoms with Gasteiger partial charge in [-0.15, -0.1) is 0 Å². The van der Waals surface area contributed by atoms with Crippen molar-refractivity contribution in [3.8, 4) is 0 Å². The minimum atomic E-state index is -3.05. The van der Waals surface area contributed by atoms with Crippen molar-refractivity contribution in [1.82, 2.24) is 4.98 Å². The Hall–Kier alpha value is -1.43. The third-order valence-corrected chi connectivity index (χ3v) is 1.96. The normalized spacial score (nSPS) is 10.6. The molecule has 4 nitrogen and oxygen atoms in total. The molecule has 0 unspecified atom stereocenters. The van der Waals surface area contributed by atoms with E-state index in [0.717, 1.165) is 6.20 Å². The number of rotatable bonds is 2. The molecule has 1 amide bonds. The van der Waals surface area contributed by atoms with Crippen LogP contribution in [0.3, 0.4) is 0 Å². The van der Waals surface area contributed by atoms with Crippen LogP contribution in [-0.4, -0.2) is 10.9 Å². The van der Waals surface area contributed by atoms with Gasteiger partial charge in [-0.05, 0) is 0 Å². The highest BCUT2D eigenvalue weighted by molar-refractivity contribution is 6.34. The lowest BCUT2D eigenvalue weighted by Gasteiger charge is -2.04. The summed E-state index contributed by atoms with van der Waals surface area (Å²) in [6.07, 6.45) is -2.15. The van der Waals surface area contributed by atoms with Gasteiger partial charge in [0.15, 0.2) is 0 Å². The second-order valence-corrected chi connectivity index (χ2v) is 2.80. The highest BCUT2D eigenvalue weighted by Crippen LogP contribution is 2.25. The fraction of sp³-hybridized carbons (Fsp3) is 0.143. The number of halogens is 3. The Morgan fingerprint density at radius 3 is 2.57 bits per heavy atom. The Morgan fingerprint density at radius 2 is 2.14 bits per heavy atom. The molecule has 1 aromatic heterocycles. The molecule has 7 heteroatoms. The topological polar surface area (TPSA) is 76.0 Å². The van der Waals surface area contributed by atoms with Crippen molar-refractivity contribution in [2.75, 3.05) is 0 Å². The van der Waals surface area contributed by atoms with Gasteiger partial charge in [0.05, 0.1) is 10.6 Å². The Bertz CT molecular complexity index is 430. The second-order valence-electron chi connectivity index (χ2n) is 2.42. The maximum atomic E-state index is 12.3. The van der Waals surface area contributed by atoms with E-state index in [1.54, 1.807) is 0 Å². The van der Waals surface area contributed by atoms with Crippen LogP contribution >= 0.6 is 11.6 Å². The molecule has 0 atom stereocenters. The summed E-state index contributed by atoms with van der Waals surface area (Å²) in [5, 5.41) is -0.601. The average molecular weight is 223 g/mol. The molecule has 0 aliphatic carbocycles. The van der Waals surface area contributed by atoms with Gasteiger partial charge in [-0.3, -0.25) is 9.59 Å². The molecule has 0 spiro atoms. The smallest absolute Gasteiger partial charge is 0.270 e. The van der Waals surface area contributed by atoms with E-state index >= 15 is 0 Å². The van der Waals surface area contributed by atoms with E-state index in [9.17, 15) is 18.4 Å². The van der Waals surface area contributed by atoms with Crippen molar-refractivity contribution in [3.05, 3.63) is 32.7 Å². The summed E-state index contributed by atoms with van der Waals surface area (Å²) in [6.45, 7) is 0. The lowest BCUT2D eigenvalue weighted by atomic mass is 10.2. The number of H-pyrrole nitrogens is 1. The van der Waals surface area contributed by atoms with Crippen LogP contribution < -0.4 is 11.3 Å². The van der Waals surface area contributed by atoms with Gasteiger partial charge in [0, 0.05) is 6.20 Å². The van der Waals surface area contributed by atoms with Crippen molar-refractivity contribution >= 4 is 17.5 Å². The van der Waals surface area contributed by atoms with E-state index in [1.165, 1.54) is 0 Å². The summed E-state index contributed by atoms with van der Waals surface area (Å²) in [7, 11) is 0. The first-order valence-electron chi connectivity index (χ1n) is 3.44. The molecule has 1 rings (SSSR count). The molecule has 1 aromatic rings. The summed E-state index contributed by atoms with van der Waals surface area (Å²) in [5.74, 6) is -0.979. The van der Waals surface area contributed by atoms with E-state index in [0.29, 0.717) is 0 Å². The van der Waals surface area contributed by atoms with Crippen molar-refractivity contribution in [2.45, 2.75) is 6.43 Å². The summed E-state index contributed by atoms with van der Waals surface area (Å²) in [4.78, 5) is 23.5. The molecule has 0 aliphatic rings. The van der Waals surface area contributed by atoms with E-state index < -0.39 is 28.5 Å². The first-order valence-corrected chi connectivity index (χ1v) is 3.82. The van der Waals surface area contributed by atoms with Crippen LogP contribution in [0.25, 0.3) is 0 Å². The highest BCUT2D eigenvalue weighted by atomic mass is 35.5. The predicted molar refractivity (Wildman–Crippen MR) is 45.5 cm³/mol. The number of pyridine rings is 1. The zero-order valence-corrected chi connectivity index (χ0v) is 7.44. The fourth-order valence-corrected chi connectivity index (χ4v) is 1.21. The van der Waals surface area contributed by atoms with Crippen molar-refractivity contribution in [2.24, 2.45) is 5.73 Å². The standard InChI is InChI=1S/C7H5ClF2N2O2/c8-4-2(6(11)13)1-12-7(14)3(4)5(9)10/h1,5H,(H2,11,13)(H,12,14). The molecule has 0 saturated heterocycles. The molecular weight excluding hydrogens is 218 g/mol. The zero-order valence-electron chi connectivity index (χ0n) is 6.68. The largest absolute Gasteiger partial charge is 0.366 e. The van der Waals surface area contributed by atoms with Crippen molar-refractivity contribution in [3.63, 3.8) is 0 Å². The lowest BCUT2D eigenvalue weighted by Crippen LogP contribution is -2.19. The number of nitrogens with two attached hydrogens (primary N) is 1. The highest BCUT2D eigenvalue weighted by Gasteiger charge is 2.21. The maximum absolute atomic E-state index is 12.3. The molecule has 14 heavy (non-hydrogen) atoms. The molecule has 0 aromatic carbocycles. The van der Waals surface area contributed by atoms with Crippen molar-refractivity contribution in [1.29, 1.82) is 0 Å². The van der Waals surface area contributed by atoms with E-state index in [2.05, 4.69) is 0 Å². The minimum Gasteiger partial charge on any atom is -0.366 e. The summed E-state index contributed by atoms with van der Waals surface area (Å²) in [6, 6.07) is 0. The Morgan fingerprint density at radius 1 is 1.57 bits per heavy atom. The second kappa shape index (κ2) is 3.75. The lowest BCUT2D eigenvalue weighted by molar-refractivity contribution is 0.0999. The van der Waals surface area contributed by atoms with Crippen LogP contribution in [0.4, 0.5) is 8.78 Å². The molecule has 0 aliphatic heterocycles. The number of primary amides is 1. The van der Waals surface area contributed by atoms with Crippen molar-refractivity contribution < 1.29 is 13.6 Å². The van der Waals surface area contributed by atoms with Crippen LogP contribution in [0.1, 0.15) is 22.3 Å². The summed E-state index contributed by atoms with van der Waals surface area (Å²) in [5.41, 5.74) is 2.54. The van der Waals surface area contributed by atoms with Crippen LogP contribution in [0.2, 0.25) is 5.02 Å². The number of aromatic amines is 1. The van der Waals surface area contributed by atoms with Crippen LogP contribution in [0.15, 0.2) is 11.0 Å². The van der Waals surface area contributed by atoms with E-state index in [1.807, 2.05) is 4.98 Å². The number of alkyl halides is 2. The van der Waals surface area contributed by atoms with E-state index in [-0.39, 0.29) is 5.56 Å². The van der Waals surface area contributed by atoms with E-state index in [4.69, 9.17) is 17.3 Å². The van der Waals surface area contributed by atoms with Gasteiger partial charge in [0.25, 0.3) is 17.9 Å². The number of hydrogen-bond donors (Lipinski definition) is 2. The Labute approximate surface area is 81.7 Å². The average Bonchev–Trinajstić information content (AvgIpc) is 2.02. The SMILES string of the molecule is NC(=O)c1c[nH]c(=O)c(C(F)F)c1Cl. The van der Waals surface area contributed by atoms with Gasteiger partial charge in [-0.2, -0.15) is 0 Å². The number of amides is 1. The van der Waals surface area contributed by atoms with Crippen LogP contribution in [0.5, 0.6) is 0 Å². The summed E-state index contributed by atoms with van der Waals surface area (Å²) < 4.78 is 24.6. The molecule has 76 valence electrons. The van der Waals surface area contributed by atoms with Gasteiger partial charge in [-0.25, -0.2) is 8.78 Å². The molecule has 0 fully saturated rings. The maximum Gasteiger partial charge on any atom is 0.270 e. The van der Waals surface area contributed by atoms with Gasteiger partial charge in [-0.1, -0.05) is 11.6 Å². The number of carbonyl (C=O) groups is 1. The summed E-state index contributed by atoms with van der Waals surface area (Å²) >= 11 is 5.40. The number of hydrogen-bond acceptors (Lipinski definition) is 2. The molecule has 0 bridgehead atoms. The minimum absolute atomic E-state index is 0.332. The number of carbonyl (C=O) groups excluding carboxylic acids is 1. The molecule has 0 saturated carbocycles. The number of aromatic nitrogens is 1. The van der Waals surface area contributed by atoms with Crippen LogP contribution in [-0.2, 0) is 0 Å².